The summed E-state index contributed by atoms with van der Waals surface area (Å²) in [6.45, 7) is 5.87. The molecule has 0 aliphatic heterocycles. The molecular formula is C10H19N3O. The van der Waals surface area contributed by atoms with Crippen molar-refractivity contribution < 1.29 is 4.79 Å². The predicted molar refractivity (Wildman–Crippen MR) is 55.2 cm³/mol. The minimum absolute atomic E-state index is 0.00194. The van der Waals surface area contributed by atoms with Crippen LogP contribution in [0.5, 0.6) is 0 Å². The molecule has 2 N–H and O–H groups in total. The van der Waals surface area contributed by atoms with Crippen LogP contribution in [0.25, 0.3) is 0 Å². The topological polar surface area (TPSA) is 70.1 Å². The van der Waals surface area contributed by atoms with Crippen LogP contribution in [-0.2, 0) is 4.79 Å². The van der Waals surface area contributed by atoms with E-state index in [9.17, 15) is 4.79 Å². The molecule has 4 heteroatoms. The molecule has 4 nitrogen and oxygen atoms in total. The van der Waals surface area contributed by atoms with Gasteiger partial charge in [0, 0.05) is 19.6 Å². The first kappa shape index (κ1) is 12.9. The zero-order valence-electron chi connectivity index (χ0n) is 9.32. The number of hydrogen-bond donors (Lipinski definition) is 1. The molecule has 3 atom stereocenters. The summed E-state index contributed by atoms with van der Waals surface area (Å²) in [5, 5.41) is 8.60. The van der Waals surface area contributed by atoms with Gasteiger partial charge < -0.3 is 10.6 Å². The van der Waals surface area contributed by atoms with Gasteiger partial charge in [0.05, 0.1) is 17.9 Å². The van der Waals surface area contributed by atoms with E-state index in [0.717, 1.165) is 0 Å². The molecule has 0 aliphatic rings. The number of carbonyl (C=O) groups excluding carboxylic acids is 1. The Morgan fingerprint density at radius 2 is 2.00 bits per heavy atom. The van der Waals surface area contributed by atoms with Gasteiger partial charge in [-0.2, -0.15) is 5.26 Å². The lowest BCUT2D eigenvalue weighted by Crippen LogP contribution is -2.41. The third-order valence-corrected chi connectivity index (χ3v) is 2.32. The summed E-state index contributed by atoms with van der Waals surface area (Å²) in [6, 6.07) is 1.94. The van der Waals surface area contributed by atoms with E-state index in [1.165, 1.54) is 0 Å². The van der Waals surface area contributed by atoms with Crippen molar-refractivity contribution >= 4 is 5.91 Å². The molecule has 0 aromatic heterocycles. The minimum Gasteiger partial charge on any atom is -0.344 e. The second kappa shape index (κ2) is 5.61. The molecule has 1 amide bonds. The summed E-state index contributed by atoms with van der Waals surface area (Å²) < 4.78 is 0. The average Bonchev–Trinajstić information content (AvgIpc) is 2.14. The fourth-order valence-electron chi connectivity index (χ4n) is 1.11. The second-order valence-corrected chi connectivity index (χ2v) is 3.90. The fourth-order valence-corrected chi connectivity index (χ4v) is 1.11. The Morgan fingerprint density at radius 1 is 1.50 bits per heavy atom. The Bertz CT molecular complexity index is 232. The molecule has 0 spiro atoms. The average molecular weight is 197 g/mol. The maximum atomic E-state index is 11.7. The van der Waals surface area contributed by atoms with Crippen molar-refractivity contribution in [2.45, 2.75) is 26.8 Å². The highest BCUT2D eigenvalue weighted by atomic mass is 16.2. The van der Waals surface area contributed by atoms with Gasteiger partial charge in [-0.25, -0.2) is 0 Å². The molecule has 0 aromatic rings. The molecule has 14 heavy (non-hydrogen) atoms. The van der Waals surface area contributed by atoms with Crippen LogP contribution in [0.15, 0.2) is 0 Å². The fraction of sp³-hybridized carbons (Fsp3) is 0.800. The third-order valence-electron chi connectivity index (χ3n) is 2.32. The van der Waals surface area contributed by atoms with Gasteiger partial charge in [-0.05, 0) is 13.8 Å². The van der Waals surface area contributed by atoms with Crippen molar-refractivity contribution in [3.8, 4) is 6.07 Å². The summed E-state index contributed by atoms with van der Waals surface area (Å²) in [5.74, 6) is -0.322. The van der Waals surface area contributed by atoms with Gasteiger partial charge in [-0.1, -0.05) is 6.92 Å². The highest BCUT2D eigenvalue weighted by molar-refractivity contribution is 5.78. The standard InChI is InChI=1S/C10H19N3O/c1-7(5-11)6-13(4)10(14)8(2)9(3)12/h7-9H,6,12H2,1-4H3. The van der Waals surface area contributed by atoms with E-state index in [1.807, 2.05) is 6.92 Å². The molecule has 0 saturated carbocycles. The van der Waals surface area contributed by atoms with E-state index in [-0.39, 0.29) is 23.8 Å². The van der Waals surface area contributed by atoms with E-state index >= 15 is 0 Å². The Morgan fingerprint density at radius 3 is 2.36 bits per heavy atom. The zero-order chi connectivity index (χ0) is 11.3. The molecular weight excluding hydrogens is 178 g/mol. The van der Waals surface area contributed by atoms with Crippen LogP contribution >= 0.6 is 0 Å². The summed E-state index contributed by atoms with van der Waals surface area (Å²) in [4.78, 5) is 13.2. The van der Waals surface area contributed by atoms with E-state index in [4.69, 9.17) is 11.0 Å². The normalized spacial score (nSPS) is 16.6. The monoisotopic (exact) mass is 197 g/mol. The highest BCUT2D eigenvalue weighted by Gasteiger charge is 2.21. The van der Waals surface area contributed by atoms with E-state index in [0.29, 0.717) is 6.54 Å². The van der Waals surface area contributed by atoms with Gasteiger partial charge in [0.15, 0.2) is 0 Å². The maximum Gasteiger partial charge on any atom is 0.226 e. The lowest BCUT2D eigenvalue weighted by atomic mass is 10.0. The Hall–Kier alpha value is -1.08. The number of nitrogens with two attached hydrogens (primary N) is 1. The van der Waals surface area contributed by atoms with Crippen LogP contribution in [-0.4, -0.2) is 30.4 Å². The predicted octanol–water partition coefficient (Wildman–Crippen LogP) is 0.588. The van der Waals surface area contributed by atoms with Gasteiger partial charge in [0.1, 0.15) is 0 Å². The highest BCUT2D eigenvalue weighted by Crippen LogP contribution is 2.06. The van der Waals surface area contributed by atoms with Crippen molar-refractivity contribution in [2.24, 2.45) is 17.6 Å². The number of hydrogen-bond acceptors (Lipinski definition) is 3. The van der Waals surface area contributed by atoms with Crippen molar-refractivity contribution in [2.75, 3.05) is 13.6 Å². The molecule has 0 rings (SSSR count). The molecule has 0 aliphatic carbocycles. The smallest absolute Gasteiger partial charge is 0.226 e. The largest absolute Gasteiger partial charge is 0.344 e. The van der Waals surface area contributed by atoms with Gasteiger partial charge in [0.25, 0.3) is 0 Å². The first-order valence-corrected chi connectivity index (χ1v) is 4.80. The van der Waals surface area contributed by atoms with Crippen molar-refractivity contribution in [1.29, 1.82) is 5.26 Å². The first-order valence-electron chi connectivity index (χ1n) is 4.80. The van der Waals surface area contributed by atoms with Crippen molar-refractivity contribution in [3.05, 3.63) is 0 Å². The van der Waals surface area contributed by atoms with Gasteiger partial charge >= 0.3 is 0 Å². The zero-order valence-corrected chi connectivity index (χ0v) is 9.32. The third kappa shape index (κ3) is 3.75. The van der Waals surface area contributed by atoms with Crippen LogP contribution < -0.4 is 5.73 Å². The van der Waals surface area contributed by atoms with Gasteiger partial charge in [-0.15, -0.1) is 0 Å². The number of nitriles is 1. The van der Waals surface area contributed by atoms with Gasteiger partial charge in [-0.3, -0.25) is 4.79 Å². The maximum absolute atomic E-state index is 11.7. The van der Waals surface area contributed by atoms with Crippen LogP contribution in [0.3, 0.4) is 0 Å². The Kier molecular flexibility index (Phi) is 5.18. The second-order valence-electron chi connectivity index (χ2n) is 3.90. The molecule has 0 aromatic carbocycles. The molecule has 0 radical (unpaired) electrons. The molecule has 80 valence electrons. The van der Waals surface area contributed by atoms with Crippen LogP contribution in [0.2, 0.25) is 0 Å². The summed E-state index contributed by atoms with van der Waals surface area (Å²) >= 11 is 0. The summed E-state index contributed by atoms with van der Waals surface area (Å²) in [6.07, 6.45) is 0. The molecule has 0 saturated heterocycles. The van der Waals surface area contributed by atoms with E-state index in [1.54, 1.807) is 25.8 Å². The van der Waals surface area contributed by atoms with Gasteiger partial charge in [0.2, 0.25) is 5.91 Å². The Balaban J connectivity index is 4.20. The Labute approximate surface area is 85.7 Å². The number of nitrogens with zero attached hydrogens (tertiary/aromatic N) is 2. The molecule has 0 heterocycles. The quantitative estimate of drug-likeness (QED) is 0.717. The lowest BCUT2D eigenvalue weighted by molar-refractivity contribution is -0.134. The van der Waals surface area contributed by atoms with E-state index in [2.05, 4.69) is 6.07 Å². The summed E-state index contributed by atoms with van der Waals surface area (Å²) in [5.41, 5.74) is 5.63. The molecule has 3 unspecified atom stereocenters. The molecule has 0 fully saturated rings. The first-order chi connectivity index (χ1) is 6.40. The van der Waals surface area contributed by atoms with Crippen LogP contribution in [0.4, 0.5) is 0 Å². The number of rotatable bonds is 4. The van der Waals surface area contributed by atoms with Crippen LogP contribution in [0.1, 0.15) is 20.8 Å². The SMILES string of the molecule is CC(C#N)CN(C)C(=O)C(C)C(C)N. The van der Waals surface area contributed by atoms with Crippen molar-refractivity contribution in [1.82, 2.24) is 4.90 Å². The van der Waals surface area contributed by atoms with Crippen LogP contribution in [0, 0.1) is 23.2 Å². The van der Waals surface area contributed by atoms with E-state index < -0.39 is 0 Å². The number of amides is 1. The van der Waals surface area contributed by atoms with Crippen molar-refractivity contribution in [3.63, 3.8) is 0 Å². The minimum atomic E-state index is -0.189. The lowest BCUT2D eigenvalue weighted by Gasteiger charge is -2.24. The molecule has 0 bridgehead atoms. The number of carbonyl (C=O) groups is 1. The summed E-state index contributed by atoms with van der Waals surface area (Å²) in [7, 11) is 1.70.